The number of carbonyl (C=O) groups is 2. The van der Waals surface area contributed by atoms with Crippen molar-refractivity contribution in [3.05, 3.63) is 69.8 Å². The third-order valence-electron chi connectivity index (χ3n) is 3.37. The minimum atomic E-state index is -0.859. The summed E-state index contributed by atoms with van der Waals surface area (Å²) in [6.45, 7) is 9.33. The number of rotatable bonds is 2. The molecule has 0 fully saturated rings. The van der Waals surface area contributed by atoms with Crippen molar-refractivity contribution >= 4 is 11.8 Å². The van der Waals surface area contributed by atoms with Crippen molar-refractivity contribution in [3.63, 3.8) is 0 Å². The van der Waals surface area contributed by atoms with E-state index in [1.54, 1.807) is 26.0 Å². The van der Waals surface area contributed by atoms with Crippen molar-refractivity contribution in [1.82, 2.24) is 0 Å². The summed E-state index contributed by atoms with van der Waals surface area (Å²) in [6, 6.07) is 11.2. The number of Topliss-reactive ketones (excluding diaryl/α,β-unsaturated/α-hetero) is 1. The van der Waals surface area contributed by atoms with Crippen LogP contribution in [0.5, 0.6) is 0 Å². The van der Waals surface area contributed by atoms with Crippen LogP contribution in [0, 0.1) is 27.7 Å². The summed E-state index contributed by atoms with van der Waals surface area (Å²) in [4.78, 5) is 21.5. The Bertz CT molecular complexity index is 639. The largest absolute Gasteiger partial charge is 0.478 e. The van der Waals surface area contributed by atoms with Gasteiger partial charge < -0.3 is 5.11 Å². The predicted molar refractivity (Wildman–Crippen MR) is 102 cm³/mol. The Kier molecular flexibility index (Phi) is 10.3. The van der Waals surface area contributed by atoms with Crippen molar-refractivity contribution in [3.8, 4) is 0 Å². The number of aryl methyl sites for hydroxylation is 4. The lowest BCUT2D eigenvalue weighted by Gasteiger charge is -2.01. The van der Waals surface area contributed by atoms with Crippen molar-refractivity contribution < 1.29 is 14.7 Å². The lowest BCUT2D eigenvalue weighted by molar-refractivity contribution is 0.0696. The van der Waals surface area contributed by atoms with Crippen molar-refractivity contribution in [2.45, 2.75) is 49.5 Å². The van der Waals surface area contributed by atoms with Crippen LogP contribution in [-0.2, 0) is 0 Å². The fourth-order valence-electron chi connectivity index (χ4n) is 2.26. The molecule has 0 saturated carbocycles. The van der Waals surface area contributed by atoms with Crippen LogP contribution >= 0.6 is 0 Å². The molecule has 0 heterocycles. The van der Waals surface area contributed by atoms with Crippen LogP contribution in [0.3, 0.4) is 0 Å². The normalized spacial score (nSPS) is 8.88. The lowest BCUT2D eigenvalue weighted by Crippen LogP contribution is -1.99. The molecule has 0 amide bonds. The lowest BCUT2D eigenvalue weighted by atomic mass is 10.0. The summed E-state index contributed by atoms with van der Waals surface area (Å²) in [5.74, 6) is -0.718. The highest BCUT2D eigenvalue weighted by atomic mass is 16.4. The van der Waals surface area contributed by atoms with Crippen LogP contribution in [0.15, 0.2) is 36.4 Å². The molecule has 0 spiro atoms. The molecule has 0 aliphatic heterocycles. The molecule has 3 heteroatoms. The summed E-state index contributed by atoms with van der Waals surface area (Å²) in [6.07, 6.45) is 0. The van der Waals surface area contributed by atoms with E-state index in [-0.39, 0.29) is 20.6 Å². The number of ketones is 1. The number of hydrogen-bond donors (Lipinski definition) is 1. The maximum Gasteiger partial charge on any atom is 0.335 e. The van der Waals surface area contributed by atoms with E-state index in [9.17, 15) is 9.59 Å². The predicted octanol–water partition coefficient (Wildman–Crippen LogP) is 5.78. The number of hydrogen-bond acceptors (Lipinski definition) is 2. The van der Waals surface area contributed by atoms with Gasteiger partial charge in [-0.3, -0.25) is 4.79 Å². The molecule has 0 aliphatic carbocycles. The smallest absolute Gasteiger partial charge is 0.335 e. The van der Waals surface area contributed by atoms with Crippen molar-refractivity contribution in [2.75, 3.05) is 0 Å². The van der Waals surface area contributed by atoms with Gasteiger partial charge in [0.05, 0.1) is 5.56 Å². The molecule has 0 aromatic heterocycles. The van der Waals surface area contributed by atoms with Crippen LogP contribution in [0.4, 0.5) is 0 Å². The zero-order chi connectivity index (χ0) is 16.9. The summed E-state index contributed by atoms with van der Waals surface area (Å²) < 4.78 is 0. The van der Waals surface area contributed by atoms with Crippen molar-refractivity contribution in [1.29, 1.82) is 0 Å². The van der Waals surface area contributed by atoms with Crippen molar-refractivity contribution in [2.24, 2.45) is 0 Å². The first-order valence-corrected chi connectivity index (χ1v) is 7.11. The maximum atomic E-state index is 11.0. The molecule has 2 aromatic rings. The monoisotopic (exact) mass is 330 g/mol. The molecule has 0 radical (unpaired) electrons. The van der Waals surface area contributed by atoms with Gasteiger partial charge in [0, 0.05) is 5.56 Å². The highest BCUT2D eigenvalue weighted by Crippen LogP contribution is 2.10. The second kappa shape index (κ2) is 10.4. The fourth-order valence-corrected chi connectivity index (χ4v) is 2.26. The standard InChI is InChI=1S/C10H12O.C9H10O2.2CH4/c1-7-4-5-10(9(3)11)8(2)6-7;1-6-3-4-8(9(10)11)7(2)5-6;;/h4-6H,1-3H3;3-5H,1-2H3,(H,10,11);2*1H4. The molecule has 1 N–H and O–H groups in total. The van der Waals surface area contributed by atoms with E-state index in [2.05, 4.69) is 0 Å². The fraction of sp³-hybridized carbons (Fsp3) is 0.333. The molecule has 132 valence electrons. The summed E-state index contributed by atoms with van der Waals surface area (Å²) in [5.41, 5.74) is 5.39. The maximum absolute atomic E-state index is 11.0. The van der Waals surface area contributed by atoms with E-state index in [1.807, 2.05) is 45.0 Å². The molecule has 2 aromatic carbocycles. The molecule has 2 rings (SSSR count). The second-order valence-electron chi connectivity index (χ2n) is 5.50. The molecule has 0 bridgehead atoms. The average Bonchev–Trinajstić information content (AvgIpc) is 2.38. The van der Waals surface area contributed by atoms with Gasteiger partial charge in [0.25, 0.3) is 0 Å². The molecular formula is C21H30O3. The third kappa shape index (κ3) is 6.78. The van der Waals surface area contributed by atoms with Gasteiger partial charge in [0.2, 0.25) is 0 Å². The Hall–Kier alpha value is -2.42. The van der Waals surface area contributed by atoms with Crippen LogP contribution in [0.25, 0.3) is 0 Å². The average molecular weight is 330 g/mol. The highest BCUT2D eigenvalue weighted by molar-refractivity contribution is 5.95. The number of carbonyl (C=O) groups excluding carboxylic acids is 1. The van der Waals surface area contributed by atoms with Crippen LogP contribution in [0.1, 0.15) is 64.7 Å². The highest BCUT2D eigenvalue weighted by Gasteiger charge is 2.04. The molecule has 0 unspecified atom stereocenters. The number of carboxylic acids is 1. The van der Waals surface area contributed by atoms with E-state index >= 15 is 0 Å². The topological polar surface area (TPSA) is 54.4 Å². The Balaban J connectivity index is 0. The van der Waals surface area contributed by atoms with Crippen LogP contribution < -0.4 is 0 Å². The van der Waals surface area contributed by atoms with Gasteiger partial charge in [0.1, 0.15) is 0 Å². The third-order valence-corrected chi connectivity index (χ3v) is 3.37. The summed E-state index contributed by atoms with van der Waals surface area (Å²) in [5, 5.41) is 8.66. The van der Waals surface area contributed by atoms with Gasteiger partial charge in [-0.1, -0.05) is 56.3 Å². The molecular weight excluding hydrogens is 300 g/mol. The van der Waals surface area contributed by atoms with Gasteiger partial charge in [-0.05, 0) is 51.8 Å². The number of carboxylic acid groups (broad SMARTS) is 1. The number of benzene rings is 2. The van der Waals surface area contributed by atoms with Gasteiger partial charge in [0.15, 0.2) is 5.78 Å². The Labute approximate surface area is 146 Å². The van der Waals surface area contributed by atoms with Crippen LogP contribution in [0.2, 0.25) is 0 Å². The number of aromatic carboxylic acids is 1. The zero-order valence-corrected chi connectivity index (χ0v) is 13.7. The second-order valence-corrected chi connectivity index (χ2v) is 5.50. The van der Waals surface area contributed by atoms with Gasteiger partial charge in [-0.15, -0.1) is 0 Å². The van der Waals surface area contributed by atoms with E-state index < -0.39 is 5.97 Å². The first-order valence-electron chi connectivity index (χ1n) is 7.11. The Morgan fingerprint density at radius 1 is 0.750 bits per heavy atom. The van der Waals surface area contributed by atoms with E-state index in [4.69, 9.17) is 5.11 Å². The van der Waals surface area contributed by atoms with E-state index in [0.717, 1.165) is 22.3 Å². The van der Waals surface area contributed by atoms with E-state index in [0.29, 0.717) is 5.56 Å². The minimum absolute atomic E-state index is 0. The minimum Gasteiger partial charge on any atom is -0.478 e. The Morgan fingerprint density at radius 3 is 1.42 bits per heavy atom. The first-order chi connectivity index (χ1) is 10.2. The molecule has 0 atom stereocenters. The van der Waals surface area contributed by atoms with Gasteiger partial charge >= 0.3 is 5.97 Å². The van der Waals surface area contributed by atoms with Gasteiger partial charge in [-0.25, -0.2) is 4.79 Å². The Morgan fingerprint density at radius 2 is 1.12 bits per heavy atom. The van der Waals surface area contributed by atoms with Crippen LogP contribution in [-0.4, -0.2) is 16.9 Å². The zero-order valence-electron chi connectivity index (χ0n) is 13.7. The molecule has 3 nitrogen and oxygen atoms in total. The molecule has 0 saturated heterocycles. The van der Waals surface area contributed by atoms with Gasteiger partial charge in [-0.2, -0.15) is 0 Å². The molecule has 0 aliphatic rings. The first kappa shape index (κ1) is 23.8. The summed E-state index contributed by atoms with van der Waals surface area (Å²) >= 11 is 0. The SMILES string of the molecule is C.C.CC(=O)c1ccc(C)cc1C.Cc1ccc(C(=O)O)c(C)c1. The summed E-state index contributed by atoms with van der Waals surface area (Å²) in [7, 11) is 0. The quantitative estimate of drug-likeness (QED) is 0.710. The molecule has 24 heavy (non-hydrogen) atoms. The van der Waals surface area contributed by atoms with E-state index in [1.165, 1.54) is 5.56 Å².